The van der Waals surface area contributed by atoms with Gasteiger partial charge in [-0.1, -0.05) is 28.1 Å². The third-order valence-electron chi connectivity index (χ3n) is 4.27. The third kappa shape index (κ3) is 3.40. The summed E-state index contributed by atoms with van der Waals surface area (Å²) in [6.07, 6.45) is 1.85. The van der Waals surface area contributed by atoms with Gasteiger partial charge in [0.15, 0.2) is 0 Å². The zero-order chi connectivity index (χ0) is 16.5. The van der Waals surface area contributed by atoms with E-state index in [-0.39, 0.29) is 6.61 Å². The molecule has 1 aromatic carbocycles. The van der Waals surface area contributed by atoms with Crippen molar-refractivity contribution < 1.29 is 19.2 Å². The van der Waals surface area contributed by atoms with E-state index in [2.05, 4.69) is 15.9 Å². The minimum absolute atomic E-state index is 0.143. The van der Waals surface area contributed by atoms with Gasteiger partial charge >= 0.3 is 7.12 Å². The average molecular weight is 369 g/mol. The van der Waals surface area contributed by atoms with Crippen LogP contribution in [0.15, 0.2) is 28.1 Å². The van der Waals surface area contributed by atoms with Gasteiger partial charge in [0.25, 0.3) is 0 Å². The van der Waals surface area contributed by atoms with E-state index in [1.165, 1.54) is 0 Å². The lowest BCUT2D eigenvalue weighted by Gasteiger charge is -2.32. The Morgan fingerprint density at radius 3 is 2.36 bits per heavy atom. The van der Waals surface area contributed by atoms with Crippen LogP contribution in [-0.2, 0) is 9.31 Å². The van der Waals surface area contributed by atoms with E-state index in [1.807, 2.05) is 52.0 Å². The van der Waals surface area contributed by atoms with Crippen molar-refractivity contribution >= 4 is 29.1 Å². The summed E-state index contributed by atoms with van der Waals surface area (Å²) in [5, 5.41) is 9.73. The number of rotatable bonds is 4. The van der Waals surface area contributed by atoms with Crippen LogP contribution in [0.4, 0.5) is 0 Å². The van der Waals surface area contributed by atoms with Gasteiger partial charge in [-0.05, 0) is 45.3 Å². The Hall–Kier alpha value is -0.815. The molecule has 1 heterocycles. The van der Waals surface area contributed by atoms with Gasteiger partial charge < -0.3 is 19.2 Å². The lowest BCUT2D eigenvalue weighted by molar-refractivity contribution is 0.00578. The maximum absolute atomic E-state index is 9.73. The number of ether oxygens (including phenoxy) is 1. The van der Waals surface area contributed by atoms with Crippen molar-refractivity contribution in [2.24, 2.45) is 0 Å². The summed E-state index contributed by atoms with van der Waals surface area (Å²) >= 11 is 3.42. The SMILES string of the molecule is COc1cc(Br)ccc1C=C(CO)B1OC(C)(C)C(C)(C)O1. The molecule has 2 rings (SSSR count). The molecule has 6 heteroatoms. The second kappa shape index (κ2) is 6.36. The fraction of sp³-hybridized carbons (Fsp3) is 0.500. The highest BCUT2D eigenvalue weighted by atomic mass is 79.9. The average Bonchev–Trinajstić information content (AvgIpc) is 2.65. The molecule has 0 aromatic heterocycles. The monoisotopic (exact) mass is 368 g/mol. The van der Waals surface area contributed by atoms with Gasteiger partial charge in [0.1, 0.15) is 5.75 Å². The molecule has 1 fully saturated rings. The molecule has 4 nitrogen and oxygen atoms in total. The van der Waals surface area contributed by atoms with Crippen LogP contribution >= 0.6 is 15.9 Å². The van der Waals surface area contributed by atoms with Gasteiger partial charge in [0.05, 0.1) is 24.9 Å². The largest absolute Gasteiger partial charge is 0.496 e. The molecule has 1 aromatic rings. The molecule has 1 aliphatic heterocycles. The third-order valence-corrected chi connectivity index (χ3v) is 4.77. The van der Waals surface area contributed by atoms with Crippen molar-refractivity contribution in [2.45, 2.75) is 38.9 Å². The zero-order valence-corrected chi connectivity index (χ0v) is 15.2. The fourth-order valence-electron chi connectivity index (χ4n) is 2.19. The van der Waals surface area contributed by atoms with E-state index < -0.39 is 18.3 Å². The molecule has 0 amide bonds. The minimum atomic E-state index is -0.566. The van der Waals surface area contributed by atoms with E-state index in [1.54, 1.807) is 7.11 Å². The molecule has 0 atom stereocenters. The summed E-state index contributed by atoms with van der Waals surface area (Å²) < 4.78 is 18.3. The van der Waals surface area contributed by atoms with E-state index in [9.17, 15) is 5.11 Å². The van der Waals surface area contributed by atoms with Crippen molar-refractivity contribution in [3.8, 4) is 5.75 Å². The van der Waals surface area contributed by atoms with E-state index in [4.69, 9.17) is 14.0 Å². The normalized spacial score (nSPS) is 20.3. The number of halogens is 1. The summed E-state index contributed by atoms with van der Waals surface area (Å²) in [4.78, 5) is 0. The molecular weight excluding hydrogens is 347 g/mol. The summed E-state index contributed by atoms with van der Waals surface area (Å²) in [6, 6.07) is 5.72. The summed E-state index contributed by atoms with van der Waals surface area (Å²) in [7, 11) is 1.05. The maximum atomic E-state index is 9.73. The highest BCUT2D eigenvalue weighted by Gasteiger charge is 2.52. The first kappa shape index (κ1) is 17.5. The zero-order valence-electron chi connectivity index (χ0n) is 13.6. The van der Waals surface area contributed by atoms with Gasteiger partial charge in [-0.25, -0.2) is 0 Å². The minimum Gasteiger partial charge on any atom is -0.496 e. The second-order valence-electron chi connectivity index (χ2n) is 6.35. The van der Waals surface area contributed by atoms with Crippen molar-refractivity contribution in [1.82, 2.24) is 0 Å². The smallest absolute Gasteiger partial charge is 0.492 e. The predicted octanol–water partition coefficient (Wildman–Crippen LogP) is 3.46. The number of aliphatic hydroxyl groups is 1. The lowest BCUT2D eigenvalue weighted by atomic mass is 9.77. The van der Waals surface area contributed by atoms with Crippen LogP contribution < -0.4 is 4.74 Å². The van der Waals surface area contributed by atoms with Gasteiger partial charge in [-0.2, -0.15) is 0 Å². The van der Waals surface area contributed by atoms with E-state index >= 15 is 0 Å². The van der Waals surface area contributed by atoms with Gasteiger partial charge in [-0.3, -0.25) is 0 Å². The van der Waals surface area contributed by atoms with Crippen molar-refractivity contribution in [3.05, 3.63) is 33.7 Å². The Morgan fingerprint density at radius 1 is 1.27 bits per heavy atom. The highest BCUT2D eigenvalue weighted by Crippen LogP contribution is 2.39. The molecule has 1 N–H and O–H groups in total. The number of methoxy groups -OCH3 is 1. The molecule has 0 radical (unpaired) electrons. The highest BCUT2D eigenvalue weighted by molar-refractivity contribution is 9.10. The molecule has 0 unspecified atom stereocenters. The fourth-order valence-corrected chi connectivity index (χ4v) is 2.53. The number of benzene rings is 1. The number of hydrogen-bond acceptors (Lipinski definition) is 4. The molecule has 22 heavy (non-hydrogen) atoms. The molecule has 0 saturated carbocycles. The Balaban J connectivity index is 2.34. The topological polar surface area (TPSA) is 47.9 Å². The van der Waals surface area contributed by atoms with Crippen LogP contribution in [0.3, 0.4) is 0 Å². The predicted molar refractivity (Wildman–Crippen MR) is 91.8 cm³/mol. The summed E-state index contributed by atoms with van der Waals surface area (Å²) in [5.41, 5.74) is 0.662. The Kier molecular flexibility index (Phi) is 5.07. The van der Waals surface area contributed by atoms with E-state index in [0.717, 1.165) is 15.8 Å². The van der Waals surface area contributed by atoms with E-state index in [0.29, 0.717) is 5.47 Å². The standard InChI is InChI=1S/C16H22BBrO4/c1-15(2)16(3,4)22-17(21-15)12(10-19)8-11-6-7-13(18)9-14(11)20-5/h6-9,19H,10H2,1-5H3. The first-order chi connectivity index (χ1) is 10.2. The van der Waals surface area contributed by atoms with Gasteiger partial charge in [0.2, 0.25) is 0 Å². The quantitative estimate of drug-likeness (QED) is 0.826. The molecule has 1 aliphatic rings. The van der Waals surface area contributed by atoms with Crippen LogP contribution in [0.1, 0.15) is 33.3 Å². The Labute approximate surface area is 140 Å². The van der Waals surface area contributed by atoms with Crippen molar-refractivity contribution in [3.63, 3.8) is 0 Å². The first-order valence-corrected chi connectivity index (χ1v) is 8.00. The van der Waals surface area contributed by atoms with Crippen LogP contribution in [0, 0.1) is 0 Å². The lowest BCUT2D eigenvalue weighted by Crippen LogP contribution is -2.41. The molecule has 0 bridgehead atoms. The molecule has 120 valence electrons. The van der Waals surface area contributed by atoms with Crippen LogP contribution in [0.25, 0.3) is 6.08 Å². The molecule has 0 spiro atoms. The first-order valence-electron chi connectivity index (χ1n) is 7.20. The second-order valence-corrected chi connectivity index (χ2v) is 7.27. The number of aliphatic hydroxyl groups excluding tert-OH is 1. The summed E-state index contributed by atoms with van der Waals surface area (Å²) in [6.45, 7) is 7.81. The van der Waals surface area contributed by atoms with Gasteiger partial charge in [-0.15, -0.1) is 0 Å². The van der Waals surface area contributed by atoms with Crippen LogP contribution in [0.2, 0.25) is 0 Å². The maximum Gasteiger partial charge on any atom is 0.492 e. The Bertz CT molecular complexity index is 568. The molecule has 0 aliphatic carbocycles. The van der Waals surface area contributed by atoms with Crippen LogP contribution in [0.5, 0.6) is 5.75 Å². The molecule has 1 saturated heterocycles. The number of hydrogen-bond donors (Lipinski definition) is 1. The van der Waals surface area contributed by atoms with Gasteiger partial charge in [0, 0.05) is 10.0 Å². The summed E-state index contributed by atoms with van der Waals surface area (Å²) in [5.74, 6) is 0.719. The van der Waals surface area contributed by atoms with Crippen molar-refractivity contribution in [2.75, 3.05) is 13.7 Å². The Morgan fingerprint density at radius 2 is 1.86 bits per heavy atom. The van der Waals surface area contributed by atoms with Crippen molar-refractivity contribution in [1.29, 1.82) is 0 Å². The van der Waals surface area contributed by atoms with Crippen LogP contribution in [-0.4, -0.2) is 37.1 Å². The molecular formula is C16H22BBrO4.